The standard InChI is InChI=1S/C4H12O6Si5/c1-5-14(8-12-7-11)9-13-10-15(3,4)6-2/h1-4H3. The highest BCUT2D eigenvalue weighted by atomic mass is 28.4. The van der Waals surface area contributed by atoms with Gasteiger partial charge < -0.3 is 25.3 Å². The lowest BCUT2D eigenvalue weighted by atomic mass is 11.8. The fourth-order valence-corrected chi connectivity index (χ4v) is 4.33. The largest absolute Gasteiger partial charge is 0.557 e. The van der Waals surface area contributed by atoms with Gasteiger partial charge in [-0.15, -0.1) is 0 Å². The molecule has 0 fully saturated rings. The average Bonchev–Trinajstić information content (AvgIpc) is 2.23. The molecule has 11 heteroatoms. The summed E-state index contributed by atoms with van der Waals surface area (Å²) in [6.45, 7) is 3.85. The van der Waals surface area contributed by atoms with Crippen LogP contribution in [0.2, 0.25) is 13.1 Å². The van der Waals surface area contributed by atoms with E-state index in [4.69, 9.17) is 21.2 Å². The van der Waals surface area contributed by atoms with E-state index in [2.05, 4.69) is 14.6 Å². The highest BCUT2D eigenvalue weighted by molar-refractivity contribution is 6.69. The van der Waals surface area contributed by atoms with Crippen LogP contribution in [0.15, 0.2) is 0 Å². The average molecular weight is 297 g/mol. The van der Waals surface area contributed by atoms with Gasteiger partial charge in [0.2, 0.25) is 10.5 Å². The van der Waals surface area contributed by atoms with Gasteiger partial charge in [0.15, 0.2) is 0 Å². The van der Waals surface area contributed by atoms with Gasteiger partial charge in [-0.1, -0.05) is 0 Å². The third-order valence-electron chi connectivity index (χ3n) is 1.24. The van der Waals surface area contributed by atoms with E-state index in [0.717, 1.165) is 0 Å². The summed E-state index contributed by atoms with van der Waals surface area (Å²) in [5.74, 6) is 0. The first-order chi connectivity index (χ1) is 7.05. The lowest BCUT2D eigenvalue weighted by Gasteiger charge is -2.20. The Morgan fingerprint density at radius 1 is 1.13 bits per heavy atom. The molecule has 0 aromatic carbocycles. The van der Waals surface area contributed by atoms with Gasteiger partial charge in [0.1, 0.15) is 0 Å². The first-order valence-corrected chi connectivity index (χ1v) is 9.94. The number of hydrogen-bond acceptors (Lipinski definition) is 6. The molecular weight excluding hydrogens is 284 g/mol. The van der Waals surface area contributed by atoms with E-state index in [-0.39, 0.29) is 20.0 Å². The van der Waals surface area contributed by atoms with Crippen molar-refractivity contribution in [2.75, 3.05) is 14.2 Å². The van der Waals surface area contributed by atoms with Crippen molar-refractivity contribution < 1.29 is 25.3 Å². The second kappa shape index (κ2) is 8.94. The highest BCUT2D eigenvalue weighted by Gasteiger charge is 2.26. The van der Waals surface area contributed by atoms with E-state index in [1.165, 1.54) is 7.11 Å². The Bertz CT molecular complexity index is 158. The lowest BCUT2D eigenvalue weighted by Crippen LogP contribution is -2.38. The molecule has 0 unspecified atom stereocenters. The summed E-state index contributed by atoms with van der Waals surface area (Å²) in [6, 6.07) is 0. The maximum absolute atomic E-state index is 5.43. The second-order valence-corrected chi connectivity index (χ2v) is 10.3. The van der Waals surface area contributed by atoms with Crippen LogP contribution in [0.4, 0.5) is 0 Å². The van der Waals surface area contributed by atoms with Gasteiger partial charge in [0.25, 0.3) is 0 Å². The molecule has 0 aliphatic carbocycles. The van der Waals surface area contributed by atoms with Gasteiger partial charge in [0, 0.05) is 14.2 Å². The molecule has 0 bridgehead atoms. The third-order valence-corrected chi connectivity index (χ3v) is 7.19. The summed E-state index contributed by atoms with van der Waals surface area (Å²) in [5, 5.41) is 0. The van der Waals surface area contributed by atoms with Crippen molar-refractivity contribution in [1.29, 1.82) is 0 Å². The fourth-order valence-electron chi connectivity index (χ4n) is 0.356. The van der Waals surface area contributed by atoms with E-state index >= 15 is 0 Å². The molecule has 0 aromatic rings. The quantitative estimate of drug-likeness (QED) is 0.519. The minimum Gasteiger partial charge on any atom is -0.435 e. The van der Waals surface area contributed by atoms with E-state index in [1.807, 2.05) is 13.1 Å². The summed E-state index contributed by atoms with van der Waals surface area (Å²) >= 11 is 0. The molecule has 0 N–H and O–H groups in total. The highest BCUT2D eigenvalue weighted by Crippen LogP contribution is 2.03. The molecule has 0 aliphatic heterocycles. The van der Waals surface area contributed by atoms with Crippen LogP contribution in [0, 0.1) is 0 Å². The van der Waals surface area contributed by atoms with Gasteiger partial charge in [0.05, 0.1) is 0 Å². The molecule has 84 valence electrons. The second-order valence-electron chi connectivity index (χ2n) is 2.63. The van der Waals surface area contributed by atoms with Gasteiger partial charge in [-0.2, -0.15) is 0 Å². The summed E-state index contributed by atoms with van der Waals surface area (Å²) in [5.41, 5.74) is 0. The Hall–Kier alpha value is 0.844. The van der Waals surface area contributed by atoms with Crippen molar-refractivity contribution in [2.45, 2.75) is 13.1 Å². The van der Waals surface area contributed by atoms with Crippen molar-refractivity contribution in [3.8, 4) is 0 Å². The first kappa shape index (κ1) is 15.8. The zero-order valence-corrected chi connectivity index (χ0v) is 13.9. The van der Waals surface area contributed by atoms with Crippen LogP contribution in [-0.4, -0.2) is 62.8 Å². The fraction of sp³-hybridized carbons (Fsp3) is 1.00. The van der Waals surface area contributed by atoms with Crippen molar-refractivity contribution in [2.24, 2.45) is 0 Å². The Balaban J connectivity index is 3.62. The topological polar surface area (TPSA) is 55.4 Å². The summed E-state index contributed by atoms with van der Waals surface area (Å²) in [7, 11) is 1.83. The van der Waals surface area contributed by atoms with Crippen LogP contribution in [0.3, 0.4) is 0 Å². The maximum Gasteiger partial charge on any atom is 0.557 e. The third kappa shape index (κ3) is 8.63. The van der Waals surface area contributed by atoms with E-state index in [9.17, 15) is 0 Å². The Morgan fingerprint density at radius 2 is 1.73 bits per heavy atom. The zero-order valence-electron chi connectivity index (χ0n) is 8.95. The van der Waals surface area contributed by atoms with Crippen molar-refractivity contribution >= 4 is 48.6 Å². The maximum atomic E-state index is 5.43. The first-order valence-electron chi connectivity index (χ1n) is 3.86. The summed E-state index contributed by atoms with van der Waals surface area (Å²) in [4.78, 5) is 0. The number of rotatable bonds is 9. The van der Waals surface area contributed by atoms with Crippen LogP contribution in [0.1, 0.15) is 0 Å². The molecular formula is C4H12O6Si5. The van der Waals surface area contributed by atoms with Gasteiger partial charge in [-0.3, -0.25) is 0 Å². The Labute approximate surface area is 101 Å². The monoisotopic (exact) mass is 296 g/mol. The van der Waals surface area contributed by atoms with Crippen molar-refractivity contribution in [1.82, 2.24) is 0 Å². The molecule has 0 saturated carbocycles. The predicted molar refractivity (Wildman–Crippen MR) is 58.9 cm³/mol. The molecule has 0 aliphatic rings. The van der Waals surface area contributed by atoms with Crippen molar-refractivity contribution in [3.63, 3.8) is 0 Å². The molecule has 0 atom stereocenters. The number of hydrogen-bond donors (Lipinski definition) is 0. The van der Waals surface area contributed by atoms with Crippen LogP contribution in [0.5, 0.6) is 0 Å². The molecule has 0 aromatic heterocycles. The van der Waals surface area contributed by atoms with Crippen LogP contribution >= 0.6 is 0 Å². The Morgan fingerprint density at radius 3 is 2.20 bits per heavy atom. The normalized spacial score (nSPS) is 12.4. The molecule has 15 heavy (non-hydrogen) atoms. The lowest BCUT2D eigenvalue weighted by molar-refractivity contribution is 0.226. The van der Waals surface area contributed by atoms with E-state index in [1.54, 1.807) is 7.11 Å². The molecule has 0 amide bonds. The van der Waals surface area contributed by atoms with E-state index < -0.39 is 18.1 Å². The van der Waals surface area contributed by atoms with Crippen LogP contribution in [-0.2, 0) is 25.3 Å². The van der Waals surface area contributed by atoms with Crippen molar-refractivity contribution in [3.05, 3.63) is 0 Å². The SMILES string of the molecule is CO[Si](O[Si]O[Si])O[Si]O[Si](C)(C)OC. The van der Waals surface area contributed by atoms with Gasteiger partial charge >= 0.3 is 38.1 Å². The van der Waals surface area contributed by atoms with Gasteiger partial charge in [-0.05, 0) is 13.1 Å². The van der Waals surface area contributed by atoms with Crippen LogP contribution < -0.4 is 0 Å². The van der Waals surface area contributed by atoms with Crippen LogP contribution in [0.25, 0.3) is 0 Å². The minimum absolute atomic E-state index is 0.146. The predicted octanol–water partition coefficient (Wildman–Crippen LogP) is -0.816. The molecule has 0 saturated heterocycles. The summed E-state index contributed by atoms with van der Waals surface area (Å²) in [6.07, 6.45) is 0. The van der Waals surface area contributed by atoms with Gasteiger partial charge in [-0.25, -0.2) is 0 Å². The Kier molecular flexibility index (Phi) is 9.44. The minimum atomic E-state index is -2.03. The van der Waals surface area contributed by atoms with E-state index in [0.29, 0.717) is 0 Å². The zero-order chi connectivity index (χ0) is 11.7. The smallest absolute Gasteiger partial charge is 0.435 e. The molecule has 0 spiro atoms. The summed E-state index contributed by atoms with van der Waals surface area (Å²) < 4.78 is 30.5. The molecule has 6 nitrogen and oxygen atoms in total. The molecule has 0 rings (SSSR count). The molecule has 8 radical (unpaired) electrons. The molecule has 0 heterocycles.